The SMILES string of the molecule is COC(=O)C(Cc1ccc(O)cc1)NC(=O)CON=C1C=C2CCC3C(C(O)CC4(C)C3CCC4(O)C(=O)CO)C2(C)CC1. The van der Waals surface area contributed by atoms with E-state index in [9.17, 15) is 34.8 Å². The zero-order valence-electron chi connectivity index (χ0n) is 25.6. The number of phenols is 1. The van der Waals surface area contributed by atoms with E-state index in [1.54, 1.807) is 12.1 Å². The molecule has 44 heavy (non-hydrogen) atoms. The molecule has 0 spiro atoms. The average molecular weight is 613 g/mol. The number of aliphatic hydroxyl groups is 3. The van der Waals surface area contributed by atoms with Gasteiger partial charge in [0.25, 0.3) is 5.91 Å². The number of allylic oxidation sites excluding steroid dienone is 2. The second-order valence-corrected chi connectivity index (χ2v) is 13.5. The first-order chi connectivity index (χ1) is 20.9. The van der Waals surface area contributed by atoms with Gasteiger partial charge in [-0.2, -0.15) is 0 Å². The molecular weight excluding hydrogens is 568 g/mol. The molecule has 0 saturated heterocycles. The molecule has 0 aromatic heterocycles. The Hall–Kier alpha value is -3.28. The summed E-state index contributed by atoms with van der Waals surface area (Å²) < 4.78 is 4.83. The van der Waals surface area contributed by atoms with Gasteiger partial charge in [-0.25, -0.2) is 4.79 Å². The van der Waals surface area contributed by atoms with E-state index in [1.165, 1.54) is 24.8 Å². The molecule has 0 heterocycles. The molecule has 5 rings (SSSR count). The van der Waals surface area contributed by atoms with Gasteiger partial charge in [0.2, 0.25) is 0 Å². The molecule has 0 radical (unpaired) electrons. The van der Waals surface area contributed by atoms with Gasteiger partial charge in [0.05, 0.1) is 18.9 Å². The van der Waals surface area contributed by atoms with E-state index >= 15 is 0 Å². The molecule has 1 amide bonds. The van der Waals surface area contributed by atoms with Crippen molar-refractivity contribution < 1.29 is 44.4 Å². The van der Waals surface area contributed by atoms with Crippen LogP contribution in [-0.4, -0.2) is 81.9 Å². The number of carbonyl (C=O) groups excluding carboxylic acids is 3. The van der Waals surface area contributed by atoms with E-state index in [2.05, 4.69) is 17.4 Å². The smallest absolute Gasteiger partial charge is 0.328 e. The van der Waals surface area contributed by atoms with E-state index in [0.29, 0.717) is 31.4 Å². The number of hydrogen-bond acceptors (Lipinski definition) is 10. The highest BCUT2D eigenvalue weighted by Gasteiger charge is 2.68. The van der Waals surface area contributed by atoms with Gasteiger partial charge in [-0.15, -0.1) is 0 Å². The van der Waals surface area contributed by atoms with Crippen LogP contribution in [0.25, 0.3) is 0 Å². The Labute approximate surface area is 257 Å². The van der Waals surface area contributed by atoms with Crippen molar-refractivity contribution in [3.8, 4) is 5.75 Å². The van der Waals surface area contributed by atoms with Crippen molar-refractivity contribution in [2.45, 2.75) is 83.0 Å². The number of nitrogens with one attached hydrogen (secondary N) is 1. The molecule has 1 aromatic rings. The van der Waals surface area contributed by atoms with Crippen LogP contribution in [0.3, 0.4) is 0 Å². The number of phenolic OH excluding ortho intramolecular Hbond substituents is 1. The second kappa shape index (κ2) is 12.3. The first-order valence-corrected chi connectivity index (χ1v) is 15.5. The molecule has 11 nitrogen and oxygen atoms in total. The van der Waals surface area contributed by atoms with Crippen LogP contribution in [0.4, 0.5) is 0 Å². The van der Waals surface area contributed by atoms with Crippen molar-refractivity contribution in [1.29, 1.82) is 0 Å². The van der Waals surface area contributed by atoms with E-state index < -0.39 is 47.4 Å². The van der Waals surface area contributed by atoms with Crippen LogP contribution in [0.15, 0.2) is 41.1 Å². The summed E-state index contributed by atoms with van der Waals surface area (Å²) in [5.41, 5.74) is -0.0499. The molecule has 8 unspecified atom stereocenters. The summed E-state index contributed by atoms with van der Waals surface area (Å²) in [6.07, 6.45) is 5.75. The molecule has 3 saturated carbocycles. The molecule has 3 fully saturated rings. The number of carbonyl (C=O) groups is 3. The number of fused-ring (bicyclic) bond motifs is 5. The third-order valence-electron chi connectivity index (χ3n) is 11.2. The summed E-state index contributed by atoms with van der Waals surface area (Å²) in [5, 5.41) is 48.9. The monoisotopic (exact) mass is 612 g/mol. The summed E-state index contributed by atoms with van der Waals surface area (Å²) in [5.74, 6) is -1.38. The van der Waals surface area contributed by atoms with Crippen molar-refractivity contribution in [1.82, 2.24) is 5.32 Å². The molecule has 0 aliphatic heterocycles. The van der Waals surface area contributed by atoms with Gasteiger partial charge in [0, 0.05) is 11.8 Å². The Kier molecular flexibility index (Phi) is 8.94. The Bertz CT molecular complexity index is 1340. The third kappa shape index (κ3) is 5.54. The minimum atomic E-state index is -1.62. The molecular formula is C33H44N2O9. The van der Waals surface area contributed by atoms with Crippen LogP contribution in [0.1, 0.15) is 64.4 Å². The minimum absolute atomic E-state index is 0.0239. The standard InChI is InChI=1S/C33H44N2O9/c1-31-12-10-21(35-44-18-28(40)34-25(30(41)43-3)14-19-4-7-22(37)8-5-19)15-20(31)6-9-23-24-11-13-33(42,27(39)17-36)32(24,2)16-26(38)29(23)31/h4-5,7-8,15,23-26,29,36-38,42H,6,9-14,16-18H2,1-3H3,(H,34,40). The van der Waals surface area contributed by atoms with Gasteiger partial charge in [-0.3, -0.25) is 9.59 Å². The lowest BCUT2D eigenvalue weighted by Gasteiger charge is -2.60. The number of aromatic hydroxyl groups is 1. The summed E-state index contributed by atoms with van der Waals surface area (Å²) >= 11 is 0. The topological polar surface area (TPSA) is 175 Å². The highest BCUT2D eigenvalue weighted by Crippen LogP contribution is 2.67. The van der Waals surface area contributed by atoms with Gasteiger partial charge in [0.15, 0.2) is 12.4 Å². The van der Waals surface area contributed by atoms with Gasteiger partial charge in [-0.1, -0.05) is 36.7 Å². The number of methoxy groups -OCH3 is 1. The molecule has 8 atom stereocenters. The zero-order chi connectivity index (χ0) is 31.9. The van der Waals surface area contributed by atoms with Crippen molar-refractivity contribution in [3.05, 3.63) is 41.5 Å². The van der Waals surface area contributed by atoms with Crippen LogP contribution in [0.2, 0.25) is 0 Å². The van der Waals surface area contributed by atoms with E-state index in [-0.39, 0.29) is 41.9 Å². The summed E-state index contributed by atoms with van der Waals surface area (Å²) in [6, 6.07) is 5.40. The van der Waals surface area contributed by atoms with Gasteiger partial charge in [-0.05, 0) is 91.9 Å². The maximum atomic E-state index is 12.6. The Balaban J connectivity index is 1.23. The summed E-state index contributed by atoms with van der Waals surface area (Å²) in [6.45, 7) is 3.01. The van der Waals surface area contributed by atoms with Gasteiger partial charge in [0.1, 0.15) is 24.0 Å². The number of amides is 1. The molecule has 240 valence electrons. The van der Waals surface area contributed by atoms with E-state index in [4.69, 9.17) is 9.57 Å². The van der Waals surface area contributed by atoms with Gasteiger partial charge >= 0.3 is 5.97 Å². The number of esters is 1. The number of aliphatic hydroxyl groups excluding tert-OH is 2. The quantitative estimate of drug-likeness (QED) is 0.207. The molecule has 0 bridgehead atoms. The molecule has 4 aliphatic rings. The average Bonchev–Trinajstić information content (AvgIpc) is 3.27. The fourth-order valence-corrected chi connectivity index (χ4v) is 8.98. The van der Waals surface area contributed by atoms with Crippen molar-refractivity contribution in [2.24, 2.45) is 33.7 Å². The normalized spacial score (nSPS) is 35.9. The Morgan fingerprint density at radius 3 is 2.52 bits per heavy atom. The van der Waals surface area contributed by atoms with E-state index in [1.807, 2.05) is 13.0 Å². The van der Waals surface area contributed by atoms with Crippen LogP contribution in [0, 0.1) is 28.6 Å². The summed E-state index contributed by atoms with van der Waals surface area (Å²) in [7, 11) is 1.25. The zero-order valence-corrected chi connectivity index (χ0v) is 25.6. The van der Waals surface area contributed by atoms with Crippen molar-refractivity contribution >= 4 is 23.4 Å². The van der Waals surface area contributed by atoms with E-state index in [0.717, 1.165) is 24.8 Å². The molecule has 5 N–H and O–H groups in total. The minimum Gasteiger partial charge on any atom is -0.508 e. The van der Waals surface area contributed by atoms with Gasteiger partial charge < -0.3 is 35.3 Å². The maximum absolute atomic E-state index is 12.6. The number of Topliss-reactive ketones (excluding diaryl/α,β-unsaturated/α-hetero) is 1. The fraction of sp³-hybridized carbons (Fsp3) is 0.636. The first kappa shape index (κ1) is 32.1. The first-order valence-electron chi connectivity index (χ1n) is 15.5. The largest absolute Gasteiger partial charge is 0.508 e. The predicted octanol–water partition coefficient (Wildman–Crippen LogP) is 2.19. The van der Waals surface area contributed by atoms with Crippen LogP contribution < -0.4 is 5.32 Å². The highest BCUT2D eigenvalue weighted by atomic mass is 16.6. The highest BCUT2D eigenvalue weighted by molar-refractivity contribution is 5.96. The van der Waals surface area contributed by atoms with Crippen molar-refractivity contribution in [2.75, 3.05) is 20.3 Å². The maximum Gasteiger partial charge on any atom is 0.328 e. The molecule has 11 heteroatoms. The second-order valence-electron chi connectivity index (χ2n) is 13.5. The lowest BCUT2D eigenvalue weighted by Crippen LogP contribution is -2.62. The number of hydrogen-bond donors (Lipinski definition) is 5. The third-order valence-corrected chi connectivity index (χ3v) is 11.2. The van der Waals surface area contributed by atoms with Crippen LogP contribution >= 0.6 is 0 Å². The Morgan fingerprint density at radius 2 is 1.84 bits per heavy atom. The summed E-state index contributed by atoms with van der Waals surface area (Å²) in [4.78, 5) is 42.9. The number of ketones is 1. The van der Waals surface area contributed by atoms with Crippen LogP contribution in [-0.2, 0) is 30.4 Å². The molecule has 4 aliphatic carbocycles. The number of rotatable bonds is 9. The molecule has 1 aromatic carbocycles. The van der Waals surface area contributed by atoms with Crippen molar-refractivity contribution in [3.63, 3.8) is 0 Å². The predicted molar refractivity (Wildman–Crippen MR) is 159 cm³/mol. The lowest BCUT2D eigenvalue weighted by atomic mass is 9.45. The Morgan fingerprint density at radius 1 is 1.11 bits per heavy atom. The number of oxime groups is 1. The number of nitrogens with zero attached hydrogens (tertiary/aromatic N) is 1. The lowest BCUT2D eigenvalue weighted by molar-refractivity contribution is -0.181. The fourth-order valence-electron chi connectivity index (χ4n) is 8.98. The van der Waals surface area contributed by atoms with Crippen LogP contribution in [0.5, 0.6) is 5.75 Å². The number of benzene rings is 1. The number of ether oxygens (including phenoxy) is 1.